The molecule has 1 N–H and O–H groups in total. The molecule has 0 saturated carbocycles. The second kappa shape index (κ2) is 17.8. The summed E-state index contributed by atoms with van der Waals surface area (Å²) in [5, 5.41) is 5.33. The summed E-state index contributed by atoms with van der Waals surface area (Å²) in [6.45, 7) is 5.66. The van der Waals surface area contributed by atoms with E-state index in [9.17, 15) is 9.59 Å². The molecule has 2 aliphatic heterocycles. The molecular weight excluding hydrogens is 667 g/mol. The molecule has 2 amide bonds. The average molecular weight is 708 g/mol. The molecule has 49 heavy (non-hydrogen) atoms. The molecule has 6 heterocycles. The Balaban J connectivity index is 0.000000191. The molecule has 6 rings (SSSR count). The number of halogens is 2. The van der Waals surface area contributed by atoms with Crippen LogP contribution in [-0.2, 0) is 4.84 Å². The second-order valence-electron chi connectivity index (χ2n) is 11.4. The fourth-order valence-corrected chi connectivity index (χ4v) is 5.97. The van der Waals surface area contributed by atoms with Gasteiger partial charge in [0.05, 0.1) is 58.7 Å². The molecule has 0 aromatic carbocycles. The van der Waals surface area contributed by atoms with Crippen molar-refractivity contribution in [3.63, 3.8) is 0 Å². The van der Waals surface area contributed by atoms with Crippen LogP contribution in [0.1, 0.15) is 66.2 Å². The monoisotopic (exact) mass is 706 g/mol. The van der Waals surface area contributed by atoms with Crippen molar-refractivity contribution in [1.29, 1.82) is 0 Å². The van der Waals surface area contributed by atoms with Crippen molar-refractivity contribution in [2.75, 3.05) is 50.3 Å². The van der Waals surface area contributed by atoms with Gasteiger partial charge >= 0.3 is 0 Å². The van der Waals surface area contributed by atoms with Crippen LogP contribution in [0.15, 0.2) is 67.4 Å². The smallest absolute Gasteiger partial charge is 0.255 e. The molecule has 0 spiro atoms. The van der Waals surface area contributed by atoms with Gasteiger partial charge in [0.1, 0.15) is 5.82 Å². The number of hydrogen-bond acceptors (Lipinski definition) is 10. The van der Waals surface area contributed by atoms with Crippen LogP contribution in [0.5, 0.6) is 5.88 Å². The van der Waals surface area contributed by atoms with Crippen LogP contribution in [0, 0.1) is 0 Å². The van der Waals surface area contributed by atoms with Crippen molar-refractivity contribution >= 4 is 58.0 Å². The van der Waals surface area contributed by atoms with Crippen LogP contribution >= 0.6 is 23.2 Å². The molecule has 258 valence electrons. The topological polar surface area (TPSA) is 126 Å². The first-order valence-corrected chi connectivity index (χ1v) is 17.1. The normalized spacial score (nSPS) is 14.4. The van der Waals surface area contributed by atoms with Gasteiger partial charge in [-0.25, -0.2) is 20.0 Å². The zero-order chi connectivity index (χ0) is 34.6. The maximum Gasteiger partial charge on any atom is 0.255 e. The first-order valence-electron chi connectivity index (χ1n) is 16.4. The van der Waals surface area contributed by atoms with E-state index < -0.39 is 0 Å². The van der Waals surface area contributed by atoms with Gasteiger partial charge in [-0.1, -0.05) is 23.2 Å². The summed E-state index contributed by atoms with van der Waals surface area (Å²) >= 11 is 12.7. The first-order chi connectivity index (χ1) is 23.9. The fraction of sp³-hybridized carbons (Fsp3) is 0.371. The molecule has 0 atom stereocenters. The van der Waals surface area contributed by atoms with E-state index in [2.05, 4.69) is 25.3 Å². The lowest BCUT2D eigenvalue weighted by atomic mass is 10.1. The highest BCUT2D eigenvalue weighted by molar-refractivity contribution is 6.33. The molecule has 4 aromatic rings. The van der Waals surface area contributed by atoms with Crippen LogP contribution in [0.3, 0.4) is 0 Å². The Kier molecular flexibility index (Phi) is 13.0. The van der Waals surface area contributed by atoms with E-state index in [4.69, 9.17) is 32.8 Å². The average Bonchev–Trinajstić information content (AvgIpc) is 3.15. The summed E-state index contributed by atoms with van der Waals surface area (Å²) in [6, 6.07) is 10.5. The SMILES string of the molecule is CCOc1ccc(Nc2ncc(C(=O)N3CCCCC3)cc2Cl)cn1.CON(c1cccnc1)c1ncc(C(=O)N2CCCCC2)cc1Cl. The van der Waals surface area contributed by atoms with Gasteiger partial charge in [-0.15, -0.1) is 0 Å². The van der Waals surface area contributed by atoms with Gasteiger partial charge in [0, 0.05) is 50.8 Å². The quantitative estimate of drug-likeness (QED) is 0.177. The van der Waals surface area contributed by atoms with E-state index in [1.165, 1.54) is 25.0 Å². The highest BCUT2D eigenvalue weighted by atomic mass is 35.5. The van der Waals surface area contributed by atoms with Crippen LogP contribution in [0.25, 0.3) is 0 Å². The van der Waals surface area contributed by atoms with E-state index in [0.29, 0.717) is 51.0 Å². The van der Waals surface area contributed by atoms with Crippen molar-refractivity contribution in [1.82, 2.24) is 29.7 Å². The Morgan fingerprint density at radius 1 is 0.816 bits per heavy atom. The second-order valence-corrected chi connectivity index (χ2v) is 12.2. The van der Waals surface area contributed by atoms with Gasteiger partial charge < -0.3 is 19.9 Å². The first kappa shape index (κ1) is 35.8. The minimum Gasteiger partial charge on any atom is -0.478 e. The van der Waals surface area contributed by atoms with E-state index >= 15 is 0 Å². The van der Waals surface area contributed by atoms with Gasteiger partial charge in [-0.05, 0) is 75.8 Å². The Labute approximate surface area is 296 Å². The summed E-state index contributed by atoms with van der Waals surface area (Å²) in [5.74, 6) is 1.43. The standard InChI is InChI=1S/C18H21ClN4O2.C17H19ClN4O2/c1-2-25-16-7-6-14(12-20-16)22-17-15(19)10-13(11-21-17)18(24)23-8-4-3-5-9-23;1-24-22(14-6-5-7-19-12-14)16-15(18)10-13(11-20-16)17(23)21-8-3-2-4-9-21/h6-7,10-12H,2-5,8-9H2,1H3,(H,21,22);5-7,10-12H,2-4,8-9H2,1H3. The predicted octanol–water partition coefficient (Wildman–Crippen LogP) is 7.35. The number of ether oxygens (including phenoxy) is 1. The number of nitrogens with zero attached hydrogens (tertiary/aromatic N) is 7. The highest BCUT2D eigenvalue weighted by Crippen LogP contribution is 2.31. The largest absolute Gasteiger partial charge is 0.478 e. The van der Waals surface area contributed by atoms with Gasteiger partial charge in [0.25, 0.3) is 11.8 Å². The number of nitrogens with one attached hydrogen (secondary N) is 1. The van der Waals surface area contributed by atoms with Gasteiger partial charge in [0.2, 0.25) is 5.88 Å². The number of anilines is 4. The number of pyridine rings is 4. The number of carbonyl (C=O) groups is 2. The van der Waals surface area contributed by atoms with Crippen LogP contribution in [-0.4, -0.2) is 81.4 Å². The lowest BCUT2D eigenvalue weighted by Crippen LogP contribution is -2.35. The Hall–Kier alpha value is -4.52. The van der Waals surface area contributed by atoms with Crippen molar-refractivity contribution in [2.45, 2.75) is 45.4 Å². The zero-order valence-electron chi connectivity index (χ0n) is 27.6. The highest BCUT2D eigenvalue weighted by Gasteiger charge is 2.22. The number of amides is 2. The van der Waals surface area contributed by atoms with E-state index in [0.717, 1.165) is 57.5 Å². The number of likely N-dealkylation sites (tertiary alicyclic amines) is 2. The Morgan fingerprint density at radius 2 is 1.45 bits per heavy atom. The maximum atomic E-state index is 12.5. The summed E-state index contributed by atoms with van der Waals surface area (Å²) in [4.78, 5) is 51.0. The summed E-state index contributed by atoms with van der Waals surface area (Å²) < 4.78 is 5.31. The third-order valence-corrected chi connectivity index (χ3v) is 8.56. The number of piperidine rings is 2. The van der Waals surface area contributed by atoms with Crippen LogP contribution in [0.4, 0.5) is 23.0 Å². The third kappa shape index (κ3) is 9.56. The number of aromatic nitrogens is 4. The Morgan fingerprint density at radius 3 is 1.96 bits per heavy atom. The lowest BCUT2D eigenvalue weighted by molar-refractivity contribution is 0.0716. The molecule has 2 fully saturated rings. The number of rotatable bonds is 9. The Bertz CT molecular complexity index is 1690. The third-order valence-electron chi connectivity index (χ3n) is 7.99. The van der Waals surface area contributed by atoms with Crippen molar-refractivity contribution in [2.24, 2.45) is 0 Å². The van der Waals surface area contributed by atoms with Crippen LogP contribution < -0.4 is 15.1 Å². The number of hydrogen-bond donors (Lipinski definition) is 1. The molecule has 2 saturated heterocycles. The van der Waals surface area contributed by atoms with Crippen LogP contribution in [0.2, 0.25) is 10.0 Å². The fourth-order valence-electron chi connectivity index (χ4n) is 5.52. The molecular formula is C35H40Cl2N8O4. The summed E-state index contributed by atoms with van der Waals surface area (Å²) in [6.07, 6.45) is 14.6. The van der Waals surface area contributed by atoms with E-state index in [1.54, 1.807) is 55.2 Å². The molecule has 0 radical (unpaired) electrons. The molecule has 0 bridgehead atoms. The molecule has 0 unspecified atom stereocenters. The maximum absolute atomic E-state index is 12.5. The predicted molar refractivity (Wildman–Crippen MR) is 190 cm³/mol. The molecule has 0 aliphatic carbocycles. The zero-order valence-corrected chi connectivity index (χ0v) is 29.2. The molecule has 12 nitrogen and oxygen atoms in total. The molecule has 2 aliphatic rings. The minimum absolute atomic E-state index is 0.0108. The van der Waals surface area contributed by atoms with Crippen molar-refractivity contribution in [3.8, 4) is 5.88 Å². The summed E-state index contributed by atoms with van der Waals surface area (Å²) in [5.41, 5.74) is 2.45. The van der Waals surface area contributed by atoms with Crippen molar-refractivity contribution < 1.29 is 19.2 Å². The van der Waals surface area contributed by atoms with Gasteiger partial charge in [0.15, 0.2) is 5.82 Å². The molecule has 14 heteroatoms. The molecule has 4 aromatic heterocycles. The summed E-state index contributed by atoms with van der Waals surface area (Å²) in [7, 11) is 1.53. The lowest BCUT2D eigenvalue weighted by Gasteiger charge is -2.27. The van der Waals surface area contributed by atoms with E-state index in [1.807, 2.05) is 28.9 Å². The number of carbonyl (C=O) groups excluding carboxylic acids is 2. The van der Waals surface area contributed by atoms with Gasteiger partial charge in [-0.3, -0.25) is 19.4 Å². The minimum atomic E-state index is -0.0269. The van der Waals surface area contributed by atoms with Gasteiger partial charge in [-0.2, -0.15) is 0 Å². The van der Waals surface area contributed by atoms with E-state index in [-0.39, 0.29) is 11.8 Å². The van der Waals surface area contributed by atoms with Crippen molar-refractivity contribution in [3.05, 3.63) is 88.6 Å².